The van der Waals surface area contributed by atoms with Gasteiger partial charge >= 0.3 is 0 Å². The summed E-state index contributed by atoms with van der Waals surface area (Å²) < 4.78 is 0. The molecule has 15 heavy (non-hydrogen) atoms. The van der Waals surface area contributed by atoms with Gasteiger partial charge in [-0.15, -0.1) is 0 Å². The highest BCUT2D eigenvalue weighted by molar-refractivity contribution is 5.22. The van der Waals surface area contributed by atoms with Gasteiger partial charge in [-0.1, -0.05) is 0 Å². The van der Waals surface area contributed by atoms with E-state index in [4.69, 9.17) is 0 Å². The molecule has 1 aromatic rings. The minimum absolute atomic E-state index is 0.494. The van der Waals surface area contributed by atoms with Gasteiger partial charge in [0.1, 0.15) is 0 Å². The van der Waals surface area contributed by atoms with Crippen LogP contribution in [-0.2, 0) is 6.54 Å². The Labute approximate surface area is 92.1 Å². The van der Waals surface area contributed by atoms with Crippen LogP contribution in [0.5, 0.6) is 0 Å². The standard InChI is InChI=1S/C11H22N4/c1-8(7-15(4)5)12-6-11-9(2)13-14-10(11)3/h8,12H,6-7H2,1-5H3,(H,13,14). The molecule has 1 atom stereocenters. The van der Waals surface area contributed by atoms with Crippen molar-refractivity contribution in [3.8, 4) is 0 Å². The van der Waals surface area contributed by atoms with Crippen LogP contribution in [0.3, 0.4) is 0 Å². The van der Waals surface area contributed by atoms with E-state index in [1.54, 1.807) is 0 Å². The molecule has 4 nitrogen and oxygen atoms in total. The highest BCUT2D eigenvalue weighted by Gasteiger charge is 2.08. The van der Waals surface area contributed by atoms with E-state index >= 15 is 0 Å². The number of nitrogens with one attached hydrogen (secondary N) is 2. The smallest absolute Gasteiger partial charge is 0.0638 e. The summed E-state index contributed by atoms with van der Waals surface area (Å²) in [5.74, 6) is 0. The Balaban J connectivity index is 2.43. The molecule has 1 aromatic heterocycles. The van der Waals surface area contributed by atoms with Gasteiger partial charge in [-0.05, 0) is 34.9 Å². The van der Waals surface area contributed by atoms with Crippen LogP contribution in [0.4, 0.5) is 0 Å². The first-order valence-electron chi connectivity index (χ1n) is 5.39. The quantitative estimate of drug-likeness (QED) is 0.764. The molecule has 1 rings (SSSR count). The summed E-state index contributed by atoms with van der Waals surface area (Å²) in [4.78, 5) is 2.19. The van der Waals surface area contributed by atoms with Gasteiger partial charge in [0.25, 0.3) is 0 Å². The Morgan fingerprint density at radius 2 is 2.07 bits per heavy atom. The van der Waals surface area contributed by atoms with E-state index in [1.165, 1.54) is 5.56 Å². The van der Waals surface area contributed by atoms with E-state index in [2.05, 4.69) is 48.4 Å². The zero-order valence-corrected chi connectivity index (χ0v) is 10.4. The average Bonchev–Trinajstić information content (AvgIpc) is 2.42. The number of aromatic amines is 1. The van der Waals surface area contributed by atoms with Crippen molar-refractivity contribution in [1.82, 2.24) is 20.4 Å². The Kier molecular flexibility index (Phi) is 4.29. The van der Waals surface area contributed by atoms with Gasteiger partial charge in [0.05, 0.1) is 5.69 Å². The molecule has 0 aliphatic carbocycles. The SMILES string of the molecule is Cc1n[nH]c(C)c1CNC(C)CN(C)C. The normalized spacial score (nSPS) is 13.5. The predicted octanol–water partition coefficient (Wildman–Crippen LogP) is 1.07. The lowest BCUT2D eigenvalue weighted by molar-refractivity contribution is 0.349. The van der Waals surface area contributed by atoms with Gasteiger partial charge in [0, 0.05) is 30.4 Å². The van der Waals surface area contributed by atoms with E-state index < -0.39 is 0 Å². The van der Waals surface area contributed by atoms with Crippen molar-refractivity contribution in [2.45, 2.75) is 33.4 Å². The van der Waals surface area contributed by atoms with Gasteiger partial charge in [-0.25, -0.2) is 0 Å². The number of aromatic nitrogens is 2. The molecule has 0 radical (unpaired) electrons. The fourth-order valence-electron chi connectivity index (χ4n) is 1.72. The highest BCUT2D eigenvalue weighted by Crippen LogP contribution is 2.08. The molecule has 0 amide bonds. The second-order valence-electron chi connectivity index (χ2n) is 4.46. The van der Waals surface area contributed by atoms with Crippen LogP contribution in [0, 0.1) is 13.8 Å². The molecule has 86 valence electrons. The van der Waals surface area contributed by atoms with E-state index in [9.17, 15) is 0 Å². The molecule has 0 aliphatic heterocycles. The number of rotatable bonds is 5. The van der Waals surface area contributed by atoms with Crippen LogP contribution in [0.1, 0.15) is 23.9 Å². The summed E-state index contributed by atoms with van der Waals surface area (Å²) in [6.45, 7) is 8.24. The van der Waals surface area contributed by atoms with Crippen LogP contribution in [0.2, 0.25) is 0 Å². The molecule has 0 saturated heterocycles. The molecule has 2 N–H and O–H groups in total. The van der Waals surface area contributed by atoms with Crippen molar-refractivity contribution in [3.63, 3.8) is 0 Å². The van der Waals surface area contributed by atoms with Crippen LogP contribution in [0.25, 0.3) is 0 Å². The molecule has 0 bridgehead atoms. The molecule has 0 spiro atoms. The molecular formula is C11H22N4. The van der Waals surface area contributed by atoms with E-state index in [0.29, 0.717) is 6.04 Å². The van der Waals surface area contributed by atoms with Crippen LogP contribution in [0.15, 0.2) is 0 Å². The van der Waals surface area contributed by atoms with Crippen LogP contribution < -0.4 is 5.32 Å². The van der Waals surface area contributed by atoms with Gasteiger partial charge in [-0.2, -0.15) is 5.10 Å². The number of nitrogens with zero attached hydrogens (tertiary/aromatic N) is 2. The predicted molar refractivity (Wildman–Crippen MR) is 62.9 cm³/mol. The van der Waals surface area contributed by atoms with Crippen molar-refractivity contribution >= 4 is 0 Å². The maximum atomic E-state index is 4.18. The number of hydrogen-bond acceptors (Lipinski definition) is 3. The summed E-state index contributed by atoms with van der Waals surface area (Å²) in [7, 11) is 4.18. The third-order valence-electron chi connectivity index (χ3n) is 2.55. The average molecular weight is 210 g/mol. The first-order valence-corrected chi connectivity index (χ1v) is 5.39. The molecule has 4 heteroatoms. The van der Waals surface area contributed by atoms with Crippen molar-refractivity contribution in [2.24, 2.45) is 0 Å². The van der Waals surface area contributed by atoms with Gasteiger partial charge < -0.3 is 10.2 Å². The van der Waals surface area contributed by atoms with Crippen LogP contribution >= 0.6 is 0 Å². The maximum Gasteiger partial charge on any atom is 0.0638 e. The molecular weight excluding hydrogens is 188 g/mol. The van der Waals surface area contributed by atoms with E-state index in [1.807, 2.05) is 6.92 Å². The van der Waals surface area contributed by atoms with Crippen molar-refractivity contribution < 1.29 is 0 Å². The molecule has 0 fully saturated rings. The zero-order chi connectivity index (χ0) is 11.4. The third kappa shape index (κ3) is 3.64. The third-order valence-corrected chi connectivity index (χ3v) is 2.55. The van der Waals surface area contributed by atoms with Crippen molar-refractivity contribution in [1.29, 1.82) is 0 Å². The molecule has 0 saturated carbocycles. The van der Waals surface area contributed by atoms with Gasteiger partial charge in [0.2, 0.25) is 0 Å². The zero-order valence-electron chi connectivity index (χ0n) is 10.4. The second-order valence-corrected chi connectivity index (χ2v) is 4.46. The molecule has 1 unspecified atom stereocenters. The lowest BCUT2D eigenvalue weighted by Gasteiger charge is -2.18. The number of aryl methyl sites for hydroxylation is 2. The summed E-state index contributed by atoms with van der Waals surface area (Å²) in [5.41, 5.74) is 3.55. The summed E-state index contributed by atoms with van der Waals surface area (Å²) in [6.07, 6.45) is 0. The monoisotopic (exact) mass is 210 g/mol. The topological polar surface area (TPSA) is 44.0 Å². The first kappa shape index (κ1) is 12.2. The highest BCUT2D eigenvalue weighted by atomic mass is 15.1. The maximum absolute atomic E-state index is 4.18. The van der Waals surface area contributed by atoms with E-state index in [0.717, 1.165) is 24.5 Å². The second kappa shape index (κ2) is 5.28. The Bertz CT molecular complexity index is 284. The Morgan fingerprint density at radius 3 is 2.53 bits per heavy atom. The number of hydrogen-bond donors (Lipinski definition) is 2. The Hall–Kier alpha value is -0.870. The lowest BCUT2D eigenvalue weighted by Crippen LogP contribution is -2.35. The van der Waals surface area contributed by atoms with Crippen molar-refractivity contribution in [2.75, 3.05) is 20.6 Å². The van der Waals surface area contributed by atoms with E-state index in [-0.39, 0.29) is 0 Å². The minimum Gasteiger partial charge on any atom is -0.309 e. The number of H-pyrrole nitrogens is 1. The Morgan fingerprint density at radius 1 is 1.40 bits per heavy atom. The summed E-state index contributed by atoms with van der Waals surface area (Å²) in [5, 5.41) is 10.7. The molecule has 0 aliphatic rings. The first-order chi connectivity index (χ1) is 7.00. The summed E-state index contributed by atoms with van der Waals surface area (Å²) >= 11 is 0. The largest absolute Gasteiger partial charge is 0.309 e. The van der Waals surface area contributed by atoms with Crippen molar-refractivity contribution in [3.05, 3.63) is 17.0 Å². The number of likely N-dealkylation sites (N-methyl/N-ethyl adjacent to an activating group) is 1. The minimum atomic E-state index is 0.494. The molecule has 1 heterocycles. The van der Waals surface area contributed by atoms with Gasteiger partial charge in [-0.3, -0.25) is 5.10 Å². The summed E-state index contributed by atoms with van der Waals surface area (Å²) in [6, 6.07) is 0.494. The molecule has 0 aromatic carbocycles. The fourth-order valence-corrected chi connectivity index (χ4v) is 1.72. The van der Waals surface area contributed by atoms with Gasteiger partial charge in [0.15, 0.2) is 0 Å². The van der Waals surface area contributed by atoms with Crippen LogP contribution in [-0.4, -0.2) is 41.8 Å². The fraction of sp³-hybridized carbons (Fsp3) is 0.727. The lowest BCUT2D eigenvalue weighted by atomic mass is 10.2.